The molecule has 3 nitrogen and oxygen atoms in total. The van der Waals surface area contributed by atoms with Crippen LogP contribution in [0.25, 0.3) is 10.9 Å². The number of nitrogens with zero attached hydrogens (tertiary/aromatic N) is 3. The molecular formula is C13H9N3S. The van der Waals surface area contributed by atoms with Crippen LogP contribution in [0.1, 0.15) is 11.3 Å². The highest BCUT2D eigenvalue weighted by atomic mass is 32.1. The first kappa shape index (κ1) is 10.1. The summed E-state index contributed by atoms with van der Waals surface area (Å²) in [5.41, 5.74) is 4.74. The summed E-state index contributed by atoms with van der Waals surface area (Å²) in [4.78, 5) is 4.28. The Labute approximate surface area is 103 Å². The van der Waals surface area contributed by atoms with Crippen LogP contribution in [0.2, 0.25) is 0 Å². The lowest BCUT2D eigenvalue weighted by molar-refractivity contribution is 0.814. The van der Waals surface area contributed by atoms with E-state index < -0.39 is 0 Å². The van der Waals surface area contributed by atoms with Crippen molar-refractivity contribution in [3.63, 3.8) is 0 Å². The highest BCUT2D eigenvalue weighted by molar-refractivity contribution is 7.07. The van der Waals surface area contributed by atoms with Crippen LogP contribution in [-0.2, 0) is 6.54 Å². The van der Waals surface area contributed by atoms with E-state index in [2.05, 4.69) is 21.0 Å². The maximum absolute atomic E-state index is 8.85. The molecule has 0 saturated carbocycles. The molecule has 0 aliphatic carbocycles. The van der Waals surface area contributed by atoms with E-state index in [0.29, 0.717) is 5.56 Å². The fraction of sp³-hybridized carbons (Fsp3) is 0.0769. The van der Waals surface area contributed by atoms with Gasteiger partial charge in [-0.15, -0.1) is 11.3 Å². The molecule has 17 heavy (non-hydrogen) atoms. The first-order valence-electron chi connectivity index (χ1n) is 5.23. The minimum Gasteiger partial charge on any atom is -0.341 e. The molecule has 4 heteroatoms. The highest BCUT2D eigenvalue weighted by Gasteiger charge is 2.03. The van der Waals surface area contributed by atoms with Crippen molar-refractivity contribution in [1.29, 1.82) is 5.26 Å². The normalized spacial score (nSPS) is 10.5. The van der Waals surface area contributed by atoms with Crippen LogP contribution in [0.5, 0.6) is 0 Å². The predicted molar refractivity (Wildman–Crippen MR) is 67.9 cm³/mol. The van der Waals surface area contributed by atoms with Crippen molar-refractivity contribution >= 4 is 22.2 Å². The Morgan fingerprint density at radius 1 is 1.35 bits per heavy atom. The minimum absolute atomic E-state index is 0.698. The summed E-state index contributed by atoms with van der Waals surface area (Å²) in [7, 11) is 0. The quantitative estimate of drug-likeness (QED) is 0.689. The molecule has 0 unspecified atom stereocenters. The lowest BCUT2D eigenvalue weighted by Gasteiger charge is -2.02. The third kappa shape index (κ3) is 1.81. The lowest BCUT2D eigenvalue weighted by atomic mass is 10.2. The Kier molecular flexibility index (Phi) is 2.39. The van der Waals surface area contributed by atoms with E-state index in [0.717, 1.165) is 23.1 Å². The van der Waals surface area contributed by atoms with Gasteiger partial charge >= 0.3 is 0 Å². The summed E-state index contributed by atoms with van der Waals surface area (Å²) in [6.07, 6.45) is 2.03. The molecule has 0 N–H and O–H groups in total. The number of hydrogen-bond donors (Lipinski definition) is 0. The van der Waals surface area contributed by atoms with Crippen molar-refractivity contribution in [3.8, 4) is 6.07 Å². The zero-order valence-corrected chi connectivity index (χ0v) is 9.81. The number of benzene rings is 1. The Hall–Kier alpha value is -2.12. The van der Waals surface area contributed by atoms with E-state index in [9.17, 15) is 0 Å². The fourth-order valence-electron chi connectivity index (χ4n) is 1.90. The average molecular weight is 239 g/mol. The number of rotatable bonds is 2. The highest BCUT2D eigenvalue weighted by Crippen LogP contribution is 2.18. The molecule has 0 bridgehead atoms. The van der Waals surface area contributed by atoms with Crippen molar-refractivity contribution < 1.29 is 0 Å². The van der Waals surface area contributed by atoms with E-state index in [4.69, 9.17) is 5.26 Å². The summed E-state index contributed by atoms with van der Waals surface area (Å²) in [5.74, 6) is 0. The van der Waals surface area contributed by atoms with Crippen molar-refractivity contribution in [1.82, 2.24) is 9.55 Å². The molecule has 0 atom stereocenters. The van der Waals surface area contributed by atoms with Crippen LogP contribution >= 0.6 is 11.3 Å². The molecule has 0 amide bonds. The third-order valence-corrected chi connectivity index (χ3v) is 3.35. The predicted octanol–water partition coefficient (Wildman–Crippen LogP) is 3.02. The molecule has 0 aliphatic rings. The van der Waals surface area contributed by atoms with Crippen LogP contribution in [0.15, 0.2) is 41.4 Å². The molecule has 3 rings (SSSR count). The smallest absolute Gasteiger partial charge is 0.0991 e. The van der Waals surface area contributed by atoms with Gasteiger partial charge < -0.3 is 4.57 Å². The maximum Gasteiger partial charge on any atom is 0.0991 e. The molecule has 0 fully saturated rings. The maximum atomic E-state index is 8.85. The zero-order chi connectivity index (χ0) is 11.7. The monoisotopic (exact) mass is 239 g/mol. The number of hydrogen-bond acceptors (Lipinski definition) is 3. The van der Waals surface area contributed by atoms with Crippen molar-refractivity contribution in [2.24, 2.45) is 0 Å². The molecular weight excluding hydrogens is 230 g/mol. The SMILES string of the molecule is N#Cc1ccc2c(ccn2Cc2cscn2)c1. The molecule has 2 aromatic heterocycles. The largest absolute Gasteiger partial charge is 0.341 e. The van der Waals surface area contributed by atoms with Gasteiger partial charge in [-0.05, 0) is 24.3 Å². The fourth-order valence-corrected chi connectivity index (χ4v) is 2.45. The molecule has 0 aliphatic heterocycles. The van der Waals surface area contributed by atoms with Gasteiger partial charge in [0.1, 0.15) is 0 Å². The Morgan fingerprint density at radius 2 is 2.29 bits per heavy atom. The van der Waals surface area contributed by atoms with Gasteiger partial charge in [0.2, 0.25) is 0 Å². The van der Waals surface area contributed by atoms with E-state index in [1.807, 2.05) is 36.0 Å². The Balaban J connectivity index is 2.04. The second kappa shape index (κ2) is 4.04. The van der Waals surface area contributed by atoms with Gasteiger partial charge in [0.05, 0.1) is 29.4 Å². The van der Waals surface area contributed by atoms with E-state index in [1.54, 1.807) is 11.3 Å². The van der Waals surface area contributed by atoms with Crippen LogP contribution in [0.3, 0.4) is 0 Å². The second-order valence-electron chi connectivity index (χ2n) is 3.81. The van der Waals surface area contributed by atoms with Gasteiger partial charge in [-0.2, -0.15) is 5.26 Å². The molecule has 3 aromatic rings. The van der Waals surface area contributed by atoms with E-state index in [1.165, 1.54) is 0 Å². The lowest BCUT2D eigenvalue weighted by Crippen LogP contribution is -1.97. The Bertz CT molecular complexity index is 689. The van der Waals surface area contributed by atoms with E-state index in [-0.39, 0.29) is 0 Å². The molecule has 0 saturated heterocycles. The number of aromatic nitrogens is 2. The van der Waals surface area contributed by atoms with Crippen LogP contribution < -0.4 is 0 Å². The van der Waals surface area contributed by atoms with Crippen LogP contribution in [0, 0.1) is 11.3 Å². The standard InChI is InChI=1S/C13H9N3S/c14-6-10-1-2-13-11(5-10)3-4-16(13)7-12-8-17-9-15-12/h1-5,8-9H,7H2. The van der Waals surface area contributed by atoms with Crippen molar-refractivity contribution in [2.45, 2.75) is 6.54 Å². The summed E-state index contributed by atoms with van der Waals surface area (Å²) >= 11 is 1.61. The number of nitriles is 1. The number of fused-ring (bicyclic) bond motifs is 1. The van der Waals surface area contributed by atoms with Crippen LogP contribution in [-0.4, -0.2) is 9.55 Å². The first-order chi connectivity index (χ1) is 8.36. The molecule has 0 radical (unpaired) electrons. The first-order valence-corrected chi connectivity index (χ1v) is 6.17. The van der Waals surface area contributed by atoms with Gasteiger partial charge in [-0.3, -0.25) is 0 Å². The van der Waals surface area contributed by atoms with E-state index >= 15 is 0 Å². The van der Waals surface area contributed by atoms with Crippen LogP contribution in [0.4, 0.5) is 0 Å². The van der Waals surface area contributed by atoms with Gasteiger partial charge in [-0.1, -0.05) is 0 Å². The summed E-state index contributed by atoms with van der Waals surface area (Å²) < 4.78 is 2.14. The number of thiazole rings is 1. The third-order valence-electron chi connectivity index (χ3n) is 2.72. The molecule has 2 heterocycles. The second-order valence-corrected chi connectivity index (χ2v) is 4.53. The van der Waals surface area contributed by atoms with Gasteiger partial charge in [0.25, 0.3) is 0 Å². The molecule has 0 spiro atoms. The zero-order valence-electron chi connectivity index (χ0n) is 9.00. The summed E-state index contributed by atoms with van der Waals surface area (Å²) in [6, 6.07) is 9.93. The van der Waals surface area contributed by atoms with Gasteiger partial charge in [-0.25, -0.2) is 4.98 Å². The van der Waals surface area contributed by atoms with Gasteiger partial charge in [0.15, 0.2) is 0 Å². The topological polar surface area (TPSA) is 41.6 Å². The Morgan fingerprint density at radius 3 is 3.06 bits per heavy atom. The molecule has 82 valence electrons. The minimum atomic E-state index is 0.698. The van der Waals surface area contributed by atoms with Crippen molar-refractivity contribution in [3.05, 3.63) is 52.6 Å². The summed E-state index contributed by atoms with van der Waals surface area (Å²) in [6.45, 7) is 0.777. The summed E-state index contributed by atoms with van der Waals surface area (Å²) in [5, 5.41) is 12.0. The van der Waals surface area contributed by atoms with Gasteiger partial charge in [0, 0.05) is 22.5 Å². The molecule has 1 aromatic carbocycles. The van der Waals surface area contributed by atoms with Crippen molar-refractivity contribution in [2.75, 3.05) is 0 Å². The average Bonchev–Trinajstić information content (AvgIpc) is 2.99.